The van der Waals surface area contributed by atoms with Crippen LogP contribution >= 0.6 is 11.8 Å². The molecule has 3 nitrogen and oxygen atoms in total. The van der Waals surface area contributed by atoms with E-state index in [0.717, 1.165) is 5.75 Å². The van der Waals surface area contributed by atoms with Crippen molar-refractivity contribution in [3.8, 4) is 0 Å². The van der Waals surface area contributed by atoms with E-state index in [2.05, 4.69) is 32.0 Å². The van der Waals surface area contributed by atoms with Gasteiger partial charge in [0.2, 0.25) is 0 Å². The fourth-order valence-electron chi connectivity index (χ4n) is 1.57. The molecule has 1 rings (SSSR count). The Labute approximate surface area is 113 Å². The van der Waals surface area contributed by atoms with Gasteiger partial charge in [0, 0.05) is 11.5 Å². The molecule has 0 fully saturated rings. The summed E-state index contributed by atoms with van der Waals surface area (Å²) < 4.78 is 4.87. The highest BCUT2D eigenvalue weighted by molar-refractivity contribution is 7.98. The molecule has 2 N–H and O–H groups in total. The number of ether oxygens (including phenoxy) is 1. The van der Waals surface area contributed by atoms with E-state index in [-0.39, 0.29) is 5.97 Å². The molecule has 0 saturated carbocycles. The summed E-state index contributed by atoms with van der Waals surface area (Å²) in [6.45, 7) is 6.35. The lowest BCUT2D eigenvalue weighted by atomic mass is 10.1. The lowest BCUT2D eigenvalue weighted by Crippen LogP contribution is -2.34. The van der Waals surface area contributed by atoms with Crippen LogP contribution in [0.5, 0.6) is 0 Å². The lowest BCUT2D eigenvalue weighted by Gasteiger charge is -2.11. The molecule has 1 aromatic carbocycles. The largest absolute Gasteiger partial charge is 0.465 e. The van der Waals surface area contributed by atoms with Crippen LogP contribution in [0.2, 0.25) is 0 Å². The molecule has 1 aromatic rings. The summed E-state index contributed by atoms with van der Waals surface area (Å²) in [6, 6.07) is 5.88. The molecule has 1 atom stereocenters. The number of hydrogen-bond acceptors (Lipinski definition) is 4. The van der Waals surface area contributed by atoms with Crippen molar-refractivity contribution in [2.24, 2.45) is 5.73 Å². The van der Waals surface area contributed by atoms with E-state index in [1.54, 1.807) is 18.7 Å². The maximum Gasteiger partial charge on any atom is 0.323 e. The Morgan fingerprint density at radius 1 is 1.44 bits per heavy atom. The summed E-state index contributed by atoms with van der Waals surface area (Å²) in [7, 11) is 0. The van der Waals surface area contributed by atoms with Crippen molar-refractivity contribution in [3.63, 3.8) is 0 Å². The Bertz CT molecular complexity index is 407. The van der Waals surface area contributed by atoms with Gasteiger partial charge in [-0.05, 0) is 31.9 Å². The van der Waals surface area contributed by atoms with Crippen LogP contribution in [0.3, 0.4) is 0 Å². The smallest absolute Gasteiger partial charge is 0.323 e. The summed E-state index contributed by atoms with van der Waals surface area (Å²) in [6.07, 6.45) is 0. The van der Waals surface area contributed by atoms with Gasteiger partial charge < -0.3 is 10.5 Å². The van der Waals surface area contributed by atoms with E-state index in [0.29, 0.717) is 12.4 Å². The van der Waals surface area contributed by atoms with Crippen LogP contribution in [0, 0.1) is 13.8 Å². The van der Waals surface area contributed by atoms with Gasteiger partial charge >= 0.3 is 5.97 Å². The van der Waals surface area contributed by atoms with Crippen molar-refractivity contribution < 1.29 is 9.53 Å². The first-order chi connectivity index (χ1) is 8.54. The maximum atomic E-state index is 11.3. The molecule has 0 amide bonds. The molecule has 0 radical (unpaired) electrons. The quantitative estimate of drug-likeness (QED) is 0.804. The number of benzene rings is 1. The fourth-order valence-corrected chi connectivity index (χ4v) is 2.61. The van der Waals surface area contributed by atoms with Gasteiger partial charge in [-0.1, -0.05) is 23.8 Å². The number of aryl methyl sites for hydroxylation is 2. The highest BCUT2D eigenvalue weighted by Gasteiger charge is 2.14. The highest BCUT2D eigenvalue weighted by atomic mass is 32.2. The van der Waals surface area contributed by atoms with Crippen molar-refractivity contribution in [1.29, 1.82) is 0 Å². The van der Waals surface area contributed by atoms with Crippen molar-refractivity contribution in [1.82, 2.24) is 0 Å². The van der Waals surface area contributed by atoms with Crippen LogP contribution in [0.25, 0.3) is 0 Å². The van der Waals surface area contributed by atoms with E-state index in [1.807, 2.05) is 0 Å². The first-order valence-corrected chi connectivity index (χ1v) is 7.26. The normalized spacial score (nSPS) is 12.2. The van der Waals surface area contributed by atoms with Gasteiger partial charge in [-0.15, -0.1) is 0 Å². The van der Waals surface area contributed by atoms with Crippen LogP contribution in [0.15, 0.2) is 18.2 Å². The fraction of sp³-hybridized carbons (Fsp3) is 0.500. The van der Waals surface area contributed by atoms with Crippen LogP contribution in [-0.4, -0.2) is 24.4 Å². The lowest BCUT2D eigenvalue weighted by molar-refractivity contribution is -0.144. The van der Waals surface area contributed by atoms with E-state index in [1.165, 1.54) is 16.7 Å². The van der Waals surface area contributed by atoms with E-state index >= 15 is 0 Å². The Morgan fingerprint density at radius 3 is 2.83 bits per heavy atom. The molecule has 0 aliphatic carbocycles. The van der Waals surface area contributed by atoms with E-state index in [4.69, 9.17) is 10.5 Å². The summed E-state index contributed by atoms with van der Waals surface area (Å²) in [4.78, 5) is 11.3. The van der Waals surface area contributed by atoms with Gasteiger partial charge in [0.05, 0.1) is 6.61 Å². The second-order valence-electron chi connectivity index (χ2n) is 4.30. The van der Waals surface area contributed by atoms with Crippen LogP contribution in [-0.2, 0) is 15.3 Å². The number of thioether (sulfide) groups is 1. The van der Waals surface area contributed by atoms with Crippen molar-refractivity contribution in [2.75, 3.05) is 12.4 Å². The van der Waals surface area contributed by atoms with Gasteiger partial charge in [0.1, 0.15) is 6.04 Å². The van der Waals surface area contributed by atoms with Crippen LogP contribution < -0.4 is 5.73 Å². The Hall–Kier alpha value is -1.00. The first-order valence-electron chi connectivity index (χ1n) is 6.10. The van der Waals surface area contributed by atoms with Gasteiger partial charge in [-0.2, -0.15) is 11.8 Å². The molecule has 4 heteroatoms. The van der Waals surface area contributed by atoms with Crippen molar-refractivity contribution >= 4 is 17.7 Å². The number of carbonyl (C=O) groups is 1. The molecule has 100 valence electrons. The van der Waals surface area contributed by atoms with Gasteiger partial charge in [-0.25, -0.2) is 0 Å². The number of hydrogen-bond donors (Lipinski definition) is 1. The minimum Gasteiger partial charge on any atom is -0.465 e. The van der Waals surface area contributed by atoms with Gasteiger partial charge in [0.25, 0.3) is 0 Å². The number of rotatable bonds is 6. The number of carbonyl (C=O) groups excluding carboxylic acids is 1. The zero-order valence-electron chi connectivity index (χ0n) is 11.2. The summed E-state index contributed by atoms with van der Waals surface area (Å²) in [5, 5.41) is 0. The average molecular weight is 267 g/mol. The molecule has 0 aliphatic rings. The first kappa shape index (κ1) is 15.1. The second kappa shape index (κ2) is 7.44. The Balaban J connectivity index is 2.41. The molecular weight excluding hydrogens is 246 g/mol. The Morgan fingerprint density at radius 2 is 2.17 bits per heavy atom. The number of nitrogens with two attached hydrogens (primary N) is 1. The monoisotopic (exact) mass is 267 g/mol. The topological polar surface area (TPSA) is 52.3 Å². The molecule has 0 bridgehead atoms. The zero-order chi connectivity index (χ0) is 13.5. The molecule has 0 aromatic heterocycles. The molecule has 0 heterocycles. The van der Waals surface area contributed by atoms with E-state index < -0.39 is 6.04 Å². The third kappa shape index (κ3) is 4.70. The molecule has 18 heavy (non-hydrogen) atoms. The predicted molar refractivity (Wildman–Crippen MR) is 76.7 cm³/mol. The Kier molecular flexibility index (Phi) is 6.22. The number of esters is 1. The maximum absolute atomic E-state index is 11.3. The second-order valence-corrected chi connectivity index (χ2v) is 5.33. The van der Waals surface area contributed by atoms with E-state index in [9.17, 15) is 4.79 Å². The summed E-state index contributed by atoms with van der Waals surface area (Å²) in [5.41, 5.74) is 9.57. The standard InChI is InChI=1S/C14H21NO2S/c1-4-17-14(16)13(15)9-18-8-12-7-10(2)5-6-11(12)3/h5-7,13H,4,8-9,15H2,1-3H3. The average Bonchev–Trinajstić information content (AvgIpc) is 2.33. The third-order valence-electron chi connectivity index (χ3n) is 2.65. The molecular formula is C14H21NO2S. The minimum atomic E-state index is -0.528. The zero-order valence-corrected chi connectivity index (χ0v) is 12.0. The predicted octanol–water partition coefficient (Wildman–Crippen LogP) is 2.43. The van der Waals surface area contributed by atoms with Crippen molar-refractivity contribution in [3.05, 3.63) is 34.9 Å². The highest BCUT2D eigenvalue weighted by Crippen LogP contribution is 2.18. The SMILES string of the molecule is CCOC(=O)C(N)CSCc1cc(C)ccc1C. The van der Waals surface area contributed by atoms with Crippen molar-refractivity contribution in [2.45, 2.75) is 32.6 Å². The third-order valence-corrected chi connectivity index (χ3v) is 3.76. The molecule has 0 saturated heterocycles. The molecule has 0 aliphatic heterocycles. The van der Waals surface area contributed by atoms with Crippen LogP contribution in [0.4, 0.5) is 0 Å². The minimum absolute atomic E-state index is 0.314. The summed E-state index contributed by atoms with van der Waals surface area (Å²) >= 11 is 1.67. The van der Waals surface area contributed by atoms with Gasteiger partial charge in [0.15, 0.2) is 0 Å². The van der Waals surface area contributed by atoms with Gasteiger partial charge in [-0.3, -0.25) is 4.79 Å². The molecule has 0 spiro atoms. The molecule has 1 unspecified atom stereocenters. The van der Waals surface area contributed by atoms with Crippen LogP contribution in [0.1, 0.15) is 23.6 Å². The summed E-state index contributed by atoms with van der Waals surface area (Å²) in [5.74, 6) is 1.15.